The van der Waals surface area contributed by atoms with Gasteiger partial charge >= 0.3 is 6.18 Å². The van der Waals surface area contributed by atoms with Crippen LogP contribution >= 0.6 is 0 Å². The third-order valence-electron chi connectivity index (χ3n) is 1.82. The van der Waals surface area contributed by atoms with E-state index in [1.807, 2.05) is 6.92 Å². The number of hydrogen-bond donors (Lipinski definition) is 1. The Balaban J connectivity index is 3.01. The third kappa shape index (κ3) is 4.08. The van der Waals surface area contributed by atoms with Crippen molar-refractivity contribution in [3.05, 3.63) is 11.8 Å². The molecule has 1 aromatic heterocycles. The second-order valence-corrected chi connectivity index (χ2v) is 3.27. The van der Waals surface area contributed by atoms with Crippen molar-refractivity contribution in [3.8, 4) is 5.88 Å². The van der Waals surface area contributed by atoms with Crippen molar-refractivity contribution in [2.75, 3.05) is 18.5 Å². The summed E-state index contributed by atoms with van der Waals surface area (Å²) in [4.78, 5) is 7.23. The van der Waals surface area contributed by atoms with Crippen molar-refractivity contribution in [2.45, 2.75) is 26.4 Å². The molecule has 0 aliphatic heterocycles. The molecule has 0 unspecified atom stereocenters. The standard InChI is InChI=1S/C10H14F3N3O/c1-3-5-14-9-15-7(10(11,12)13)6-8(16-9)17-4-2/h6H,3-5H2,1-2H3,(H,14,15,16). The second-order valence-electron chi connectivity index (χ2n) is 3.27. The van der Waals surface area contributed by atoms with Crippen LogP contribution in [-0.2, 0) is 6.18 Å². The minimum atomic E-state index is -4.50. The minimum Gasteiger partial charge on any atom is -0.478 e. The number of aromatic nitrogens is 2. The molecule has 0 spiro atoms. The molecule has 1 aromatic rings. The molecule has 0 fully saturated rings. The van der Waals surface area contributed by atoms with E-state index in [1.165, 1.54) is 0 Å². The van der Waals surface area contributed by atoms with Gasteiger partial charge in [-0.15, -0.1) is 0 Å². The van der Waals surface area contributed by atoms with Gasteiger partial charge in [-0.3, -0.25) is 0 Å². The summed E-state index contributed by atoms with van der Waals surface area (Å²) in [6, 6.07) is 0.792. The average molecular weight is 249 g/mol. The van der Waals surface area contributed by atoms with Crippen molar-refractivity contribution in [1.82, 2.24) is 9.97 Å². The fourth-order valence-corrected chi connectivity index (χ4v) is 1.11. The summed E-state index contributed by atoms with van der Waals surface area (Å²) >= 11 is 0. The third-order valence-corrected chi connectivity index (χ3v) is 1.82. The van der Waals surface area contributed by atoms with Gasteiger partial charge < -0.3 is 10.1 Å². The maximum Gasteiger partial charge on any atom is 0.433 e. The summed E-state index contributed by atoms with van der Waals surface area (Å²) in [7, 11) is 0. The number of nitrogens with zero attached hydrogens (tertiary/aromatic N) is 2. The Kier molecular flexibility index (Phi) is 4.53. The molecular formula is C10H14F3N3O. The maximum absolute atomic E-state index is 12.5. The molecule has 0 saturated carbocycles. The molecule has 96 valence electrons. The molecule has 0 radical (unpaired) electrons. The zero-order valence-corrected chi connectivity index (χ0v) is 9.64. The van der Waals surface area contributed by atoms with E-state index in [1.54, 1.807) is 6.92 Å². The van der Waals surface area contributed by atoms with Crippen molar-refractivity contribution < 1.29 is 17.9 Å². The van der Waals surface area contributed by atoms with E-state index in [0.717, 1.165) is 12.5 Å². The number of alkyl halides is 3. The summed E-state index contributed by atoms with van der Waals surface area (Å²) in [6.45, 7) is 4.33. The number of rotatable bonds is 5. The van der Waals surface area contributed by atoms with Gasteiger partial charge in [0.15, 0.2) is 5.69 Å². The topological polar surface area (TPSA) is 47.0 Å². The summed E-state index contributed by atoms with van der Waals surface area (Å²) in [5, 5.41) is 2.70. The first kappa shape index (κ1) is 13.5. The smallest absolute Gasteiger partial charge is 0.433 e. The number of ether oxygens (including phenoxy) is 1. The average Bonchev–Trinajstić information content (AvgIpc) is 2.25. The Morgan fingerprint density at radius 2 is 2.00 bits per heavy atom. The minimum absolute atomic E-state index is 0.0647. The highest BCUT2D eigenvalue weighted by molar-refractivity contribution is 5.31. The van der Waals surface area contributed by atoms with E-state index >= 15 is 0 Å². The van der Waals surface area contributed by atoms with Crippen LogP contribution in [0, 0.1) is 0 Å². The van der Waals surface area contributed by atoms with Gasteiger partial charge in [0.05, 0.1) is 6.61 Å². The molecule has 0 bridgehead atoms. The number of anilines is 1. The van der Waals surface area contributed by atoms with Crippen molar-refractivity contribution in [1.29, 1.82) is 0 Å². The Hall–Kier alpha value is -1.53. The van der Waals surface area contributed by atoms with Crippen LogP contribution in [0.4, 0.5) is 19.1 Å². The molecule has 0 amide bonds. The van der Waals surface area contributed by atoms with Crippen molar-refractivity contribution in [3.63, 3.8) is 0 Å². The van der Waals surface area contributed by atoms with Gasteiger partial charge in [0, 0.05) is 12.6 Å². The number of hydrogen-bond acceptors (Lipinski definition) is 4. The van der Waals surface area contributed by atoms with Crippen LogP contribution in [0.3, 0.4) is 0 Å². The van der Waals surface area contributed by atoms with Crippen molar-refractivity contribution in [2.24, 2.45) is 0 Å². The van der Waals surface area contributed by atoms with Crippen LogP contribution in [-0.4, -0.2) is 23.1 Å². The molecule has 0 aliphatic rings. The molecule has 17 heavy (non-hydrogen) atoms. The van der Waals surface area contributed by atoms with E-state index in [4.69, 9.17) is 4.74 Å². The first-order valence-corrected chi connectivity index (χ1v) is 5.30. The van der Waals surface area contributed by atoms with Gasteiger partial charge in [0.1, 0.15) is 0 Å². The molecule has 1 heterocycles. The molecule has 0 aliphatic carbocycles. The summed E-state index contributed by atoms with van der Waals surface area (Å²) in [6.07, 6.45) is -3.74. The fourth-order valence-electron chi connectivity index (χ4n) is 1.11. The molecule has 0 aromatic carbocycles. The molecule has 1 N–H and O–H groups in total. The summed E-state index contributed by atoms with van der Waals surface area (Å²) in [5.74, 6) is -0.140. The van der Waals surface area contributed by atoms with E-state index in [0.29, 0.717) is 6.54 Å². The maximum atomic E-state index is 12.5. The SMILES string of the molecule is CCCNc1nc(OCC)cc(C(F)(F)F)n1. The van der Waals surface area contributed by atoms with Crippen LogP contribution in [0.5, 0.6) is 5.88 Å². The molecule has 7 heteroatoms. The zero-order valence-electron chi connectivity index (χ0n) is 9.64. The van der Waals surface area contributed by atoms with Crippen LogP contribution in [0.15, 0.2) is 6.07 Å². The van der Waals surface area contributed by atoms with Gasteiger partial charge in [-0.25, -0.2) is 4.98 Å². The lowest BCUT2D eigenvalue weighted by molar-refractivity contribution is -0.141. The van der Waals surface area contributed by atoms with Gasteiger partial charge in [-0.05, 0) is 13.3 Å². The summed E-state index contributed by atoms with van der Waals surface area (Å²) < 4.78 is 42.6. The van der Waals surface area contributed by atoms with Crippen LogP contribution < -0.4 is 10.1 Å². The Bertz CT molecular complexity index is 368. The van der Waals surface area contributed by atoms with E-state index in [2.05, 4.69) is 15.3 Å². The van der Waals surface area contributed by atoms with Crippen LogP contribution in [0.25, 0.3) is 0 Å². The Morgan fingerprint density at radius 3 is 2.53 bits per heavy atom. The lowest BCUT2D eigenvalue weighted by atomic mass is 10.4. The molecule has 0 saturated heterocycles. The lowest BCUT2D eigenvalue weighted by Gasteiger charge is -2.11. The van der Waals surface area contributed by atoms with Gasteiger partial charge in [-0.2, -0.15) is 18.2 Å². The normalized spacial score (nSPS) is 11.4. The van der Waals surface area contributed by atoms with E-state index in [9.17, 15) is 13.2 Å². The molecule has 1 rings (SSSR count). The molecular weight excluding hydrogens is 235 g/mol. The van der Waals surface area contributed by atoms with E-state index in [-0.39, 0.29) is 18.4 Å². The molecule has 0 atom stereocenters. The summed E-state index contributed by atoms with van der Waals surface area (Å²) in [5.41, 5.74) is -1.01. The fraction of sp³-hybridized carbons (Fsp3) is 0.600. The van der Waals surface area contributed by atoms with Gasteiger partial charge in [0.25, 0.3) is 0 Å². The Labute approximate surface area is 97.2 Å². The zero-order chi connectivity index (χ0) is 12.9. The second kappa shape index (κ2) is 5.70. The largest absolute Gasteiger partial charge is 0.478 e. The van der Waals surface area contributed by atoms with E-state index < -0.39 is 11.9 Å². The monoisotopic (exact) mass is 249 g/mol. The van der Waals surface area contributed by atoms with Crippen molar-refractivity contribution >= 4 is 5.95 Å². The highest BCUT2D eigenvalue weighted by atomic mass is 19.4. The van der Waals surface area contributed by atoms with Crippen LogP contribution in [0.2, 0.25) is 0 Å². The highest BCUT2D eigenvalue weighted by Gasteiger charge is 2.34. The molecule has 4 nitrogen and oxygen atoms in total. The lowest BCUT2D eigenvalue weighted by Crippen LogP contribution is -2.13. The highest BCUT2D eigenvalue weighted by Crippen LogP contribution is 2.30. The number of halogens is 3. The van der Waals surface area contributed by atoms with Crippen LogP contribution in [0.1, 0.15) is 26.0 Å². The predicted octanol–water partition coefficient (Wildman–Crippen LogP) is 2.72. The Morgan fingerprint density at radius 1 is 1.29 bits per heavy atom. The van der Waals surface area contributed by atoms with Gasteiger partial charge in [-0.1, -0.05) is 6.92 Å². The van der Waals surface area contributed by atoms with Gasteiger partial charge in [0.2, 0.25) is 11.8 Å². The first-order chi connectivity index (χ1) is 7.97. The first-order valence-electron chi connectivity index (χ1n) is 5.30. The predicted molar refractivity (Wildman–Crippen MR) is 57.0 cm³/mol. The number of nitrogens with one attached hydrogen (secondary N) is 1. The quantitative estimate of drug-likeness (QED) is 0.871.